The summed E-state index contributed by atoms with van der Waals surface area (Å²) >= 11 is 9.55. The number of carbonyl (C=O) groups is 1. The molecular formula is C27H33BrClF2N5O3. The molecule has 4 aliphatic heterocycles. The van der Waals surface area contributed by atoms with Crippen molar-refractivity contribution in [2.45, 2.75) is 63.8 Å². The lowest BCUT2D eigenvalue weighted by Gasteiger charge is -2.48. The fourth-order valence-electron chi connectivity index (χ4n) is 6.68. The van der Waals surface area contributed by atoms with Gasteiger partial charge in [-0.2, -0.15) is 9.97 Å². The molecule has 39 heavy (non-hydrogen) atoms. The summed E-state index contributed by atoms with van der Waals surface area (Å²) in [6, 6.07) is 1.73. The predicted octanol–water partition coefficient (Wildman–Crippen LogP) is 5.59. The molecule has 0 unspecified atom stereocenters. The summed E-state index contributed by atoms with van der Waals surface area (Å²) in [5, 5.41) is 0.724. The first-order valence-corrected chi connectivity index (χ1v) is 14.6. The number of alkyl halides is 1. The van der Waals surface area contributed by atoms with E-state index in [0.29, 0.717) is 50.3 Å². The smallest absolute Gasteiger partial charge is 0.410 e. The number of hydrogen-bond donors (Lipinski definition) is 0. The van der Waals surface area contributed by atoms with E-state index in [1.165, 1.54) is 0 Å². The van der Waals surface area contributed by atoms with Crippen molar-refractivity contribution in [1.29, 1.82) is 0 Å². The molecule has 212 valence electrons. The van der Waals surface area contributed by atoms with Crippen LogP contribution < -0.4 is 9.64 Å². The van der Waals surface area contributed by atoms with Crippen LogP contribution in [0.3, 0.4) is 0 Å². The predicted molar refractivity (Wildman–Crippen MR) is 148 cm³/mol. The fourth-order valence-corrected chi connectivity index (χ4v) is 7.17. The lowest BCUT2D eigenvalue weighted by molar-refractivity contribution is 0.0265. The average molecular weight is 629 g/mol. The second-order valence-electron chi connectivity index (χ2n) is 12.6. The maximum atomic E-state index is 15.4. The summed E-state index contributed by atoms with van der Waals surface area (Å²) in [4.78, 5) is 27.7. The number of carbonyl (C=O) groups excluding carboxylic acids is 1. The highest BCUT2D eigenvalue weighted by Gasteiger charge is 2.51. The second-order valence-corrected chi connectivity index (χ2v) is 13.8. The molecule has 1 spiro atoms. The largest absolute Gasteiger partial charge is 0.461 e. The van der Waals surface area contributed by atoms with E-state index in [0.717, 1.165) is 25.8 Å². The maximum Gasteiger partial charge on any atom is 0.410 e. The van der Waals surface area contributed by atoms with Crippen LogP contribution >= 0.6 is 27.5 Å². The van der Waals surface area contributed by atoms with E-state index >= 15 is 4.39 Å². The number of likely N-dealkylation sites (tertiary alicyclic amines) is 1. The monoisotopic (exact) mass is 627 g/mol. The van der Waals surface area contributed by atoms with Crippen molar-refractivity contribution in [1.82, 2.24) is 19.8 Å². The SMILES string of the molecule is CC(C)(C)OC(=O)N1CCC2(C1)CN(c1nc(OC[C@@]34CCCN3C[C@H](F)C4)nc3c(F)c(Br)c(Cl)cc13)C2. The molecule has 1 aromatic carbocycles. The summed E-state index contributed by atoms with van der Waals surface area (Å²) < 4.78 is 41.4. The first-order valence-electron chi connectivity index (χ1n) is 13.5. The minimum Gasteiger partial charge on any atom is -0.461 e. The van der Waals surface area contributed by atoms with Crippen molar-refractivity contribution < 1.29 is 23.0 Å². The maximum absolute atomic E-state index is 15.4. The third kappa shape index (κ3) is 4.92. The van der Waals surface area contributed by atoms with E-state index in [9.17, 15) is 9.18 Å². The van der Waals surface area contributed by atoms with Gasteiger partial charge in [0.15, 0.2) is 5.82 Å². The topological polar surface area (TPSA) is 71.0 Å². The van der Waals surface area contributed by atoms with Crippen LogP contribution in [0.4, 0.5) is 19.4 Å². The van der Waals surface area contributed by atoms with Gasteiger partial charge in [0.1, 0.15) is 29.7 Å². The lowest BCUT2D eigenvalue weighted by Crippen LogP contribution is -2.58. The Balaban J connectivity index is 1.25. The molecule has 5 heterocycles. The summed E-state index contributed by atoms with van der Waals surface area (Å²) in [5.41, 5.74) is -0.890. The molecule has 12 heteroatoms. The minimum absolute atomic E-state index is 0.0666. The summed E-state index contributed by atoms with van der Waals surface area (Å²) in [7, 11) is 0. The van der Waals surface area contributed by atoms with Gasteiger partial charge in [-0.3, -0.25) is 4.90 Å². The molecule has 2 aromatic rings. The van der Waals surface area contributed by atoms with Crippen LogP contribution in [0, 0.1) is 11.2 Å². The van der Waals surface area contributed by atoms with Gasteiger partial charge in [0.05, 0.1) is 15.0 Å². The Morgan fingerprint density at radius 1 is 1.23 bits per heavy atom. The number of ether oxygens (including phenoxy) is 2. The van der Waals surface area contributed by atoms with E-state index in [2.05, 4.69) is 30.7 Å². The van der Waals surface area contributed by atoms with Crippen LogP contribution in [0.5, 0.6) is 6.01 Å². The number of aromatic nitrogens is 2. The number of amides is 1. The van der Waals surface area contributed by atoms with Crippen LogP contribution in [-0.2, 0) is 4.74 Å². The lowest BCUT2D eigenvalue weighted by atomic mass is 9.79. The zero-order valence-corrected chi connectivity index (χ0v) is 24.7. The second kappa shape index (κ2) is 9.55. The molecule has 2 atom stereocenters. The van der Waals surface area contributed by atoms with Gasteiger partial charge in [-0.1, -0.05) is 11.6 Å². The van der Waals surface area contributed by atoms with Gasteiger partial charge in [-0.25, -0.2) is 13.6 Å². The number of hydrogen-bond acceptors (Lipinski definition) is 7. The van der Waals surface area contributed by atoms with Gasteiger partial charge in [0.2, 0.25) is 0 Å². The van der Waals surface area contributed by atoms with Gasteiger partial charge in [-0.15, -0.1) is 0 Å². The van der Waals surface area contributed by atoms with Crippen molar-refractivity contribution >= 4 is 50.3 Å². The molecule has 0 radical (unpaired) electrons. The third-order valence-corrected chi connectivity index (χ3v) is 9.76. The molecule has 0 aliphatic carbocycles. The molecular weight excluding hydrogens is 596 g/mol. The highest BCUT2D eigenvalue weighted by molar-refractivity contribution is 9.10. The van der Waals surface area contributed by atoms with E-state index in [1.54, 1.807) is 11.0 Å². The van der Waals surface area contributed by atoms with Gasteiger partial charge in [-0.05, 0) is 68.6 Å². The van der Waals surface area contributed by atoms with Gasteiger partial charge in [0, 0.05) is 49.9 Å². The van der Waals surface area contributed by atoms with Crippen LogP contribution in [0.25, 0.3) is 10.9 Å². The number of benzene rings is 1. The molecule has 4 aliphatic rings. The van der Waals surface area contributed by atoms with Crippen molar-refractivity contribution in [3.8, 4) is 6.01 Å². The molecule has 0 saturated carbocycles. The Morgan fingerprint density at radius 3 is 2.74 bits per heavy atom. The highest BCUT2D eigenvalue weighted by atomic mass is 79.9. The number of rotatable bonds is 4. The third-order valence-electron chi connectivity index (χ3n) is 8.46. The summed E-state index contributed by atoms with van der Waals surface area (Å²) in [5.74, 6) is -0.0382. The first kappa shape index (κ1) is 27.2. The Morgan fingerprint density at radius 2 is 2.00 bits per heavy atom. The number of fused-ring (bicyclic) bond motifs is 2. The Bertz CT molecular complexity index is 1320. The van der Waals surface area contributed by atoms with E-state index in [4.69, 9.17) is 26.1 Å². The number of anilines is 1. The zero-order chi connectivity index (χ0) is 27.7. The van der Waals surface area contributed by atoms with E-state index in [-0.39, 0.29) is 44.7 Å². The molecule has 8 nitrogen and oxygen atoms in total. The molecule has 0 bridgehead atoms. The van der Waals surface area contributed by atoms with Gasteiger partial charge in [0.25, 0.3) is 0 Å². The average Bonchev–Trinajstić information content (AvgIpc) is 3.52. The molecule has 4 saturated heterocycles. The van der Waals surface area contributed by atoms with Crippen LogP contribution in [0.15, 0.2) is 10.5 Å². The normalized spacial score (nSPS) is 26.4. The number of nitrogens with zero attached hydrogens (tertiary/aromatic N) is 5. The van der Waals surface area contributed by atoms with Crippen LogP contribution in [0.1, 0.15) is 46.5 Å². The van der Waals surface area contributed by atoms with Gasteiger partial charge >= 0.3 is 12.1 Å². The molecule has 4 fully saturated rings. The minimum atomic E-state index is -0.874. The quantitative estimate of drug-likeness (QED) is 0.409. The van der Waals surface area contributed by atoms with E-state index in [1.807, 2.05) is 20.8 Å². The standard InChI is InChI=1S/C27H33BrClF2N5O3/c1-25(2,3)39-24(37)34-8-6-26(12-34)13-35(14-26)22-17-9-18(29)19(28)20(31)21(17)32-23(33-22)38-15-27-5-4-7-36(27)11-16(30)10-27/h9,16H,4-8,10-15H2,1-3H3/t16-,27+/m1/s1. The zero-order valence-electron chi connectivity index (χ0n) is 22.4. The fraction of sp³-hybridized carbons (Fsp3) is 0.667. The van der Waals surface area contributed by atoms with Crippen molar-refractivity contribution in [3.63, 3.8) is 0 Å². The number of halogens is 4. The Labute approximate surface area is 240 Å². The molecule has 1 aromatic heterocycles. The highest BCUT2D eigenvalue weighted by Crippen LogP contribution is 2.45. The molecule has 1 amide bonds. The van der Waals surface area contributed by atoms with Crippen LogP contribution in [0.2, 0.25) is 5.02 Å². The Kier molecular flexibility index (Phi) is 6.66. The first-order chi connectivity index (χ1) is 18.4. The summed E-state index contributed by atoms with van der Waals surface area (Å²) in [6.07, 6.45) is 1.94. The molecule has 0 N–H and O–H groups in total. The van der Waals surface area contributed by atoms with Crippen LogP contribution in [-0.4, -0.2) is 89.0 Å². The summed E-state index contributed by atoms with van der Waals surface area (Å²) in [6.45, 7) is 9.61. The van der Waals surface area contributed by atoms with Crippen molar-refractivity contribution in [2.24, 2.45) is 5.41 Å². The van der Waals surface area contributed by atoms with Crippen molar-refractivity contribution in [3.05, 3.63) is 21.4 Å². The van der Waals surface area contributed by atoms with E-state index < -0.39 is 17.6 Å². The van der Waals surface area contributed by atoms with Gasteiger partial charge < -0.3 is 19.3 Å². The van der Waals surface area contributed by atoms with Crippen molar-refractivity contribution in [2.75, 3.05) is 50.8 Å². The Hall–Kier alpha value is -1.98. The molecule has 6 rings (SSSR count).